The molecule has 0 bridgehead atoms. The summed E-state index contributed by atoms with van der Waals surface area (Å²) in [7, 11) is -0.906. The van der Waals surface area contributed by atoms with Crippen LogP contribution in [0.15, 0.2) is 122 Å². The Morgan fingerprint density at radius 3 is 2.23 bits per heavy atom. The van der Waals surface area contributed by atoms with Crippen LogP contribution in [-0.2, 0) is 65.7 Å². The molecular weight excluding hydrogens is 1150 g/mol. The lowest BCUT2D eigenvalue weighted by Gasteiger charge is -2.42. The van der Waals surface area contributed by atoms with Crippen LogP contribution in [0.25, 0.3) is 17.2 Å². The first-order valence-corrected chi connectivity index (χ1v) is 31.8. The number of allylic oxidation sites excluding steroid dienone is 1. The summed E-state index contributed by atoms with van der Waals surface area (Å²) in [6.07, 6.45) is 8.40. The van der Waals surface area contributed by atoms with Crippen molar-refractivity contribution in [1.82, 2.24) is 19.7 Å². The fraction of sp³-hybridized carbons (Fsp3) is 0.433. The number of ether oxygens (including phenoxy) is 7. The molecule has 2 saturated heterocycles. The van der Waals surface area contributed by atoms with Gasteiger partial charge < -0.3 is 43.0 Å². The van der Waals surface area contributed by atoms with E-state index in [1.165, 1.54) is 32.0 Å². The Labute approximate surface area is 514 Å². The number of ketones is 2. The van der Waals surface area contributed by atoms with E-state index in [2.05, 4.69) is 4.98 Å². The number of pyridine rings is 1. The number of aromatic nitrogens is 1. The molecule has 2 fully saturated rings. The van der Waals surface area contributed by atoms with Crippen LogP contribution in [0.3, 0.4) is 0 Å². The molecule has 4 aromatic carbocycles. The third-order valence-corrected chi connectivity index (χ3v) is 17.3. The summed E-state index contributed by atoms with van der Waals surface area (Å²) in [5.74, 6) is -2.55. The summed E-state index contributed by atoms with van der Waals surface area (Å²) in [6.45, 7) is 4.50. The quantitative estimate of drug-likeness (QED) is 0.0156. The van der Waals surface area contributed by atoms with E-state index in [1.807, 2.05) is 65.6 Å². The maximum absolute atomic E-state index is 14.1. The van der Waals surface area contributed by atoms with E-state index in [9.17, 15) is 42.0 Å². The molecule has 8 rings (SSSR count). The standard InChI is InChI=1S/C67H78N4O16S/c1-44-45(2)62(85-46(3)72)65(87-61(44)64(76)81-5)86-60-28-26-49(36-51(60)37-53(74)40-69(4)66(77)83-42-59-57-23-12-10-21-55(57)56-22-11-13-24-58(56)59)41-82-67(78)71(34-35-88(6,79)80)43-84-54-20-14-18-50(38-54)63(75)70-32-29-47(30-33-70)16-8-7-9-19-52(73)27-25-48-17-15-31-68-39-48/h10-15,17-18,20-28,31,36,38-39,44-45,47,59,61-62,65H,7-9,16,19,29-30,32-35,37,40-43H2,1-6H3/b27-25+/t44-,45-,61-,62+,65+/m0/s1. The van der Waals surface area contributed by atoms with Crippen molar-refractivity contribution in [2.75, 3.05) is 65.7 Å². The third-order valence-electron chi connectivity index (χ3n) is 16.3. The Bertz CT molecular complexity index is 3380. The molecule has 5 atom stereocenters. The summed E-state index contributed by atoms with van der Waals surface area (Å²) in [6, 6.07) is 30.8. The highest BCUT2D eigenvalue weighted by Crippen LogP contribution is 2.45. The highest BCUT2D eigenvalue weighted by molar-refractivity contribution is 7.90. The Kier molecular flexibility index (Phi) is 23.1. The number of rotatable bonds is 27. The number of piperidine rings is 1. The number of carbonyl (C=O) groups excluding carboxylic acids is 7. The van der Waals surface area contributed by atoms with E-state index in [1.54, 1.807) is 74.8 Å². The molecular formula is C67H78N4O16S. The van der Waals surface area contributed by atoms with Crippen LogP contribution in [-0.4, -0.2) is 154 Å². The molecule has 20 nitrogen and oxygen atoms in total. The van der Waals surface area contributed by atoms with Gasteiger partial charge in [-0.3, -0.25) is 29.1 Å². The minimum atomic E-state index is -3.58. The number of Topliss-reactive ketones (excluding diaryl/α,β-unsaturated/α-hetero) is 1. The molecule has 0 spiro atoms. The molecule has 88 heavy (non-hydrogen) atoms. The van der Waals surface area contributed by atoms with Crippen LogP contribution in [0.1, 0.15) is 110 Å². The first kappa shape index (κ1) is 65.5. The molecule has 0 unspecified atom stereocenters. The number of esters is 2. The fourth-order valence-electron chi connectivity index (χ4n) is 11.3. The van der Waals surface area contributed by atoms with Crippen molar-refractivity contribution < 1.29 is 75.1 Å². The second-order valence-corrected chi connectivity index (χ2v) is 25.1. The van der Waals surface area contributed by atoms with Gasteiger partial charge in [0.05, 0.1) is 19.4 Å². The molecule has 3 aliphatic rings. The molecule has 3 heterocycles. The number of likely N-dealkylation sites (N-methyl/N-ethyl adjacent to an activating group) is 1. The lowest BCUT2D eigenvalue weighted by molar-refractivity contribution is -0.248. The van der Waals surface area contributed by atoms with Gasteiger partial charge in [0, 0.05) is 88.1 Å². The van der Waals surface area contributed by atoms with Gasteiger partial charge in [0.1, 0.15) is 34.6 Å². The van der Waals surface area contributed by atoms with E-state index in [-0.39, 0.29) is 67.4 Å². The fourth-order valence-corrected chi connectivity index (χ4v) is 11.8. The summed E-state index contributed by atoms with van der Waals surface area (Å²) >= 11 is 0. The molecule has 468 valence electrons. The Balaban J connectivity index is 0.893. The molecule has 0 saturated carbocycles. The van der Waals surface area contributed by atoms with Crippen molar-refractivity contribution in [2.45, 2.75) is 103 Å². The molecule has 1 aromatic heterocycles. The van der Waals surface area contributed by atoms with Crippen LogP contribution in [0.5, 0.6) is 11.5 Å². The van der Waals surface area contributed by atoms with Crippen LogP contribution in [0.2, 0.25) is 0 Å². The highest BCUT2D eigenvalue weighted by Gasteiger charge is 2.48. The number of hydrogen-bond donors (Lipinski definition) is 0. The number of unbranched alkanes of at least 4 members (excludes halogenated alkanes) is 2. The summed E-state index contributed by atoms with van der Waals surface area (Å²) in [4.78, 5) is 101. The average molecular weight is 1230 g/mol. The van der Waals surface area contributed by atoms with E-state index < -0.39 is 82.6 Å². The summed E-state index contributed by atoms with van der Waals surface area (Å²) < 4.78 is 65.7. The van der Waals surface area contributed by atoms with Gasteiger partial charge in [-0.15, -0.1) is 0 Å². The van der Waals surface area contributed by atoms with Gasteiger partial charge in [0.2, 0.25) is 6.29 Å². The van der Waals surface area contributed by atoms with Gasteiger partial charge in [0.15, 0.2) is 30.5 Å². The van der Waals surface area contributed by atoms with E-state index >= 15 is 0 Å². The Morgan fingerprint density at radius 2 is 1.55 bits per heavy atom. The van der Waals surface area contributed by atoms with Crippen molar-refractivity contribution >= 4 is 57.5 Å². The van der Waals surface area contributed by atoms with Crippen LogP contribution >= 0.6 is 0 Å². The molecule has 0 N–H and O–H groups in total. The van der Waals surface area contributed by atoms with E-state index in [4.69, 9.17) is 33.2 Å². The Morgan fingerprint density at radius 1 is 0.818 bits per heavy atom. The molecule has 21 heteroatoms. The molecule has 2 aliphatic heterocycles. The maximum Gasteiger partial charge on any atom is 0.412 e. The van der Waals surface area contributed by atoms with Gasteiger partial charge in [-0.2, -0.15) is 0 Å². The normalized spacial score (nSPS) is 18.3. The first-order valence-electron chi connectivity index (χ1n) is 29.7. The lowest BCUT2D eigenvalue weighted by atomic mass is 9.83. The predicted molar refractivity (Wildman–Crippen MR) is 327 cm³/mol. The van der Waals surface area contributed by atoms with Crippen molar-refractivity contribution in [2.24, 2.45) is 17.8 Å². The van der Waals surface area contributed by atoms with Crippen LogP contribution in [0.4, 0.5) is 9.59 Å². The van der Waals surface area contributed by atoms with Gasteiger partial charge in [-0.1, -0.05) is 99.8 Å². The van der Waals surface area contributed by atoms with Gasteiger partial charge >= 0.3 is 24.1 Å². The van der Waals surface area contributed by atoms with Crippen LogP contribution in [0, 0.1) is 17.8 Å². The number of carbonyl (C=O) groups is 7. The molecule has 1 aliphatic carbocycles. The predicted octanol–water partition coefficient (Wildman–Crippen LogP) is 9.66. The number of amides is 3. The second-order valence-electron chi connectivity index (χ2n) is 22.8. The first-order chi connectivity index (χ1) is 42.2. The molecule has 3 amide bonds. The number of fused-ring (bicyclic) bond motifs is 3. The highest BCUT2D eigenvalue weighted by atomic mass is 32.2. The zero-order valence-corrected chi connectivity index (χ0v) is 51.5. The SMILES string of the molecule is COC(=O)[C@H]1O[C@@H](Oc2ccc(COC(=O)N(CCS(C)(=O)=O)COc3cccc(C(=O)N4CCC(CCCCCC(=O)/C=C/c5cccnc5)CC4)c3)cc2CC(=O)CN(C)C(=O)OCC2c3ccccc3-c3ccccc32)[C@H](OC(C)=O)[C@@H](C)[C@@H]1C. The second kappa shape index (κ2) is 31.0. The number of likely N-dealkylation sites (tertiary alicyclic amines) is 1. The minimum absolute atomic E-state index is 0.0355. The smallest absolute Gasteiger partial charge is 0.412 e. The molecule has 0 radical (unpaired) electrons. The number of hydrogen-bond acceptors (Lipinski definition) is 17. The lowest BCUT2D eigenvalue weighted by Crippen LogP contribution is -2.55. The number of benzene rings is 4. The monoisotopic (exact) mass is 1230 g/mol. The van der Waals surface area contributed by atoms with Crippen molar-refractivity contribution in [3.8, 4) is 22.6 Å². The summed E-state index contributed by atoms with van der Waals surface area (Å²) in [5.41, 5.74) is 6.08. The van der Waals surface area contributed by atoms with Crippen molar-refractivity contribution in [3.05, 3.63) is 155 Å². The molecule has 5 aromatic rings. The Hall–Kier alpha value is -8.43. The largest absolute Gasteiger partial charge is 0.473 e. The van der Waals surface area contributed by atoms with E-state index in [0.717, 1.165) is 77.5 Å². The van der Waals surface area contributed by atoms with Crippen molar-refractivity contribution in [3.63, 3.8) is 0 Å². The van der Waals surface area contributed by atoms with E-state index in [0.29, 0.717) is 36.6 Å². The minimum Gasteiger partial charge on any atom is -0.473 e. The number of methoxy groups -OCH3 is 1. The summed E-state index contributed by atoms with van der Waals surface area (Å²) in [5, 5.41) is 0. The zero-order valence-electron chi connectivity index (χ0n) is 50.7. The average Bonchev–Trinajstić information content (AvgIpc) is 1.71. The third kappa shape index (κ3) is 18.1. The number of sulfone groups is 1. The topological polar surface area (TPSA) is 241 Å². The number of nitrogens with zero attached hydrogens (tertiary/aromatic N) is 4. The zero-order chi connectivity index (χ0) is 62.9. The van der Waals surface area contributed by atoms with Gasteiger partial charge in [-0.05, 0) is 113 Å². The van der Waals surface area contributed by atoms with Crippen LogP contribution < -0.4 is 9.47 Å². The van der Waals surface area contributed by atoms with Gasteiger partial charge in [0.25, 0.3) is 5.91 Å². The maximum atomic E-state index is 14.1. The van der Waals surface area contributed by atoms with Gasteiger partial charge in [-0.25, -0.2) is 22.8 Å². The van der Waals surface area contributed by atoms with Crippen molar-refractivity contribution in [1.29, 1.82) is 0 Å².